The predicted molar refractivity (Wildman–Crippen MR) is 103 cm³/mol. The topological polar surface area (TPSA) is 161 Å². The van der Waals surface area contributed by atoms with Gasteiger partial charge >= 0.3 is 0 Å². The molecule has 3 heterocycles. The van der Waals surface area contributed by atoms with Gasteiger partial charge in [0.05, 0.1) is 20.0 Å². The minimum absolute atomic E-state index is 0.00789. The fourth-order valence-electron chi connectivity index (χ4n) is 3.38. The van der Waals surface area contributed by atoms with E-state index in [1.165, 1.54) is 10.9 Å². The van der Waals surface area contributed by atoms with Gasteiger partial charge in [-0.05, 0) is 6.07 Å². The standard InChI is InChI=1S/C18H22N6O5/c1-28-10-5-3-2-4-9(10)6-20-15-12-16(23-18(19)22-15)24(8-21-12)17-14(27)13(26)11(7-25)29-17/h2-5,8,11,13-14,17,25-27H,6-7H2,1H3,(H3,19,20,22,23)/t11-,13-,14-,17-/m1/s1. The van der Waals surface area contributed by atoms with Crippen molar-refractivity contribution in [3.63, 3.8) is 0 Å². The first-order valence-corrected chi connectivity index (χ1v) is 9.01. The molecule has 0 bridgehead atoms. The Morgan fingerprint density at radius 1 is 1.24 bits per heavy atom. The number of aliphatic hydroxyl groups is 3. The number of rotatable bonds is 6. The lowest BCUT2D eigenvalue weighted by atomic mass is 10.1. The Balaban J connectivity index is 1.65. The van der Waals surface area contributed by atoms with Crippen LogP contribution in [0.15, 0.2) is 30.6 Å². The number of fused-ring (bicyclic) bond motifs is 1. The third kappa shape index (κ3) is 3.44. The molecule has 0 radical (unpaired) electrons. The van der Waals surface area contributed by atoms with E-state index >= 15 is 0 Å². The third-order valence-corrected chi connectivity index (χ3v) is 4.87. The van der Waals surface area contributed by atoms with E-state index in [9.17, 15) is 15.3 Å². The number of aliphatic hydroxyl groups excluding tert-OH is 3. The number of hydrogen-bond acceptors (Lipinski definition) is 10. The van der Waals surface area contributed by atoms with E-state index in [1.807, 2.05) is 24.3 Å². The van der Waals surface area contributed by atoms with Crippen molar-refractivity contribution in [1.82, 2.24) is 19.5 Å². The Kier molecular flexibility index (Phi) is 5.20. The summed E-state index contributed by atoms with van der Waals surface area (Å²) < 4.78 is 12.4. The molecule has 1 saturated heterocycles. The number of nitrogens with two attached hydrogens (primary N) is 1. The van der Waals surface area contributed by atoms with Crippen molar-refractivity contribution >= 4 is 22.9 Å². The molecule has 1 aliphatic heterocycles. The van der Waals surface area contributed by atoms with E-state index < -0.39 is 31.1 Å². The van der Waals surface area contributed by atoms with Crippen molar-refractivity contribution < 1.29 is 24.8 Å². The normalized spacial score (nSPS) is 24.1. The van der Waals surface area contributed by atoms with Crippen molar-refractivity contribution in [2.45, 2.75) is 31.1 Å². The van der Waals surface area contributed by atoms with E-state index in [0.717, 1.165) is 11.3 Å². The summed E-state index contributed by atoms with van der Waals surface area (Å²) in [5.74, 6) is 1.15. The van der Waals surface area contributed by atoms with Crippen LogP contribution in [0, 0.1) is 0 Å². The molecule has 11 nitrogen and oxygen atoms in total. The zero-order valence-electron chi connectivity index (χ0n) is 15.6. The number of methoxy groups -OCH3 is 1. The van der Waals surface area contributed by atoms with Gasteiger partial charge in [0.25, 0.3) is 0 Å². The maximum atomic E-state index is 10.3. The van der Waals surface area contributed by atoms with Crippen LogP contribution in [0.4, 0.5) is 11.8 Å². The van der Waals surface area contributed by atoms with Crippen LogP contribution in [-0.4, -0.2) is 66.9 Å². The van der Waals surface area contributed by atoms with E-state index in [1.54, 1.807) is 7.11 Å². The highest BCUT2D eigenvalue weighted by atomic mass is 16.6. The average Bonchev–Trinajstić information content (AvgIpc) is 3.27. The molecular formula is C18H22N6O5. The molecule has 29 heavy (non-hydrogen) atoms. The molecular weight excluding hydrogens is 380 g/mol. The SMILES string of the molecule is COc1ccccc1CNc1nc(N)nc2c1ncn2[C@@H]1O[C@H](CO)[C@@H](O)[C@H]1O. The number of para-hydroxylation sites is 1. The quantitative estimate of drug-likeness (QED) is 0.368. The van der Waals surface area contributed by atoms with E-state index in [0.29, 0.717) is 23.5 Å². The lowest BCUT2D eigenvalue weighted by Gasteiger charge is -2.17. The second-order valence-corrected chi connectivity index (χ2v) is 6.65. The number of anilines is 2. The molecule has 6 N–H and O–H groups in total. The molecule has 4 atom stereocenters. The first kappa shape index (κ1) is 19.3. The molecule has 0 amide bonds. The van der Waals surface area contributed by atoms with Crippen LogP contribution in [0.2, 0.25) is 0 Å². The number of aromatic nitrogens is 4. The van der Waals surface area contributed by atoms with Gasteiger partial charge in [-0.1, -0.05) is 18.2 Å². The van der Waals surface area contributed by atoms with Gasteiger partial charge < -0.3 is 35.8 Å². The number of hydrogen-bond donors (Lipinski definition) is 5. The summed E-state index contributed by atoms with van der Waals surface area (Å²) in [5.41, 5.74) is 7.54. The summed E-state index contributed by atoms with van der Waals surface area (Å²) >= 11 is 0. The maximum absolute atomic E-state index is 10.3. The van der Waals surface area contributed by atoms with Crippen molar-refractivity contribution in [3.8, 4) is 5.75 Å². The molecule has 0 spiro atoms. The minimum atomic E-state index is -1.26. The van der Waals surface area contributed by atoms with Gasteiger partial charge in [0, 0.05) is 12.1 Å². The minimum Gasteiger partial charge on any atom is -0.496 e. The lowest BCUT2D eigenvalue weighted by molar-refractivity contribution is -0.0511. The van der Waals surface area contributed by atoms with Crippen LogP contribution in [-0.2, 0) is 11.3 Å². The summed E-state index contributed by atoms with van der Waals surface area (Å²) in [7, 11) is 1.60. The zero-order valence-corrected chi connectivity index (χ0v) is 15.6. The van der Waals surface area contributed by atoms with Gasteiger partial charge in [0.1, 0.15) is 24.1 Å². The molecule has 2 aromatic heterocycles. The highest BCUT2D eigenvalue weighted by molar-refractivity contribution is 5.84. The largest absolute Gasteiger partial charge is 0.496 e. The summed E-state index contributed by atoms with van der Waals surface area (Å²) in [4.78, 5) is 12.8. The lowest BCUT2D eigenvalue weighted by Crippen LogP contribution is -2.33. The molecule has 0 aliphatic carbocycles. The molecule has 154 valence electrons. The molecule has 1 fully saturated rings. The summed E-state index contributed by atoms with van der Waals surface area (Å²) in [6, 6.07) is 7.56. The third-order valence-electron chi connectivity index (χ3n) is 4.87. The molecule has 3 aromatic rings. The van der Waals surface area contributed by atoms with Crippen LogP contribution in [0.1, 0.15) is 11.8 Å². The number of benzene rings is 1. The first-order chi connectivity index (χ1) is 14.0. The molecule has 0 saturated carbocycles. The number of nitrogens with one attached hydrogen (secondary N) is 1. The van der Waals surface area contributed by atoms with Gasteiger partial charge in [-0.15, -0.1) is 0 Å². The number of nitrogen functional groups attached to an aromatic ring is 1. The fraction of sp³-hybridized carbons (Fsp3) is 0.389. The monoisotopic (exact) mass is 402 g/mol. The number of imidazole rings is 1. The van der Waals surface area contributed by atoms with Crippen molar-refractivity contribution in [2.75, 3.05) is 24.8 Å². The second kappa shape index (κ2) is 7.79. The molecule has 1 aliphatic rings. The van der Waals surface area contributed by atoms with Crippen LogP contribution >= 0.6 is 0 Å². The summed E-state index contributed by atoms with van der Waals surface area (Å²) in [6.07, 6.45) is -2.94. The predicted octanol–water partition coefficient (Wildman–Crippen LogP) is -0.359. The highest BCUT2D eigenvalue weighted by Gasteiger charge is 2.44. The number of nitrogens with zero attached hydrogens (tertiary/aromatic N) is 4. The highest BCUT2D eigenvalue weighted by Crippen LogP contribution is 2.32. The maximum Gasteiger partial charge on any atom is 0.224 e. The summed E-state index contributed by atoms with van der Waals surface area (Å²) in [5, 5.41) is 32.8. The van der Waals surface area contributed by atoms with E-state index in [4.69, 9.17) is 15.2 Å². The fourth-order valence-corrected chi connectivity index (χ4v) is 3.38. The van der Waals surface area contributed by atoms with Gasteiger partial charge in [0.2, 0.25) is 5.95 Å². The Labute approximate surface area is 165 Å². The van der Waals surface area contributed by atoms with Gasteiger partial charge in [0.15, 0.2) is 23.2 Å². The molecule has 0 unspecified atom stereocenters. The molecule has 1 aromatic carbocycles. The van der Waals surface area contributed by atoms with Gasteiger partial charge in [-0.3, -0.25) is 4.57 Å². The van der Waals surface area contributed by atoms with E-state index in [2.05, 4.69) is 20.3 Å². The van der Waals surface area contributed by atoms with Gasteiger partial charge in [-0.25, -0.2) is 4.98 Å². The Bertz CT molecular complexity index is 1010. The van der Waals surface area contributed by atoms with Crippen LogP contribution in [0.3, 0.4) is 0 Å². The van der Waals surface area contributed by atoms with Crippen LogP contribution in [0.5, 0.6) is 5.75 Å². The Hall–Kier alpha value is -2.99. The Morgan fingerprint density at radius 3 is 2.76 bits per heavy atom. The molecule has 4 rings (SSSR count). The zero-order chi connectivity index (χ0) is 20.5. The van der Waals surface area contributed by atoms with Crippen molar-refractivity contribution in [2.24, 2.45) is 0 Å². The van der Waals surface area contributed by atoms with E-state index in [-0.39, 0.29) is 5.95 Å². The number of ether oxygens (including phenoxy) is 2. The smallest absolute Gasteiger partial charge is 0.224 e. The van der Waals surface area contributed by atoms with Gasteiger partial charge in [-0.2, -0.15) is 9.97 Å². The summed E-state index contributed by atoms with van der Waals surface area (Å²) in [6.45, 7) is -0.0134. The first-order valence-electron chi connectivity index (χ1n) is 9.01. The average molecular weight is 402 g/mol. The Morgan fingerprint density at radius 2 is 2.03 bits per heavy atom. The van der Waals surface area contributed by atoms with Crippen molar-refractivity contribution in [1.29, 1.82) is 0 Å². The van der Waals surface area contributed by atoms with Crippen LogP contribution < -0.4 is 15.8 Å². The molecule has 11 heteroatoms. The van der Waals surface area contributed by atoms with Crippen LogP contribution in [0.25, 0.3) is 11.2 Å². The second-order valence-electron chi connectivity index (χ2n) is 6.65. The van der Waals surface area contributed by atoms with Crippen molar-refractivity contribution in [3.05, 3.63) is 36.2 Å².